The maximum Gasteiger partial charge on any atom is 0.410 e. The minimum Gasteiger partial charge on any atom is -0.465 e. The molecule has 1 saturated heterocycles. The highest BCUT2D eigenvalue weighted by Crippen LogP contribution is 2.30. The number of carbonyl (C=O) groups is 3. The first-order valence-electron chi connectivity index (χ1n) is 8.76. The molecule has 0 N–H and O–H groups in total. The van der Waals surface area contributed by atoms with E-state index in [1.807, 2.05) is 30.3 Å². The van der Waals surface area contributed by atoms with Gasteiger partial charge in [0.1, 0.15) is 12.4 Å². The van der Waals surface area contributed by atoms with Gasteiger partial charge in [-0.1, -0.05) is 42.5 Å². The summed E-state index contributed by atoms with van der Waals surface area (Å²) in [5, 5.41) is 0. The number of ketones is 1. The predicted octanol–water partition coefficient (Wildman–Crippen LogP) is 3.52. The van der Waals surface area contributed by atoms with E-state index < -0.39 is 18.1 Å². The van der Waals surface area contributed by atoms with Crippen molar-refractivity contribution in [2.75, 3.05) is 13.7 Å². The van der Waals surface area contributed by atoms with Gasteiger partial charge in [-0.25, -0.2) is 9.59 Å². The zero-order chi connectivity index (χ0) is 19.2. The fourth-order valence-corrected chi connectivity index (χ4v) is 3.11. The molecule has 3 rings (SSSR count). The lowest BCUT2D eigenvalue weighted by Gasteiger charge is -2.34. The Hall–Kier alpha value is -3.15. The number of amides is 1. The molecule has 0 saturated carbocycles. The third kappa shape index (κ3) is 4.53. The van der Waals surface area contributed by atoms with Gasteiger partial charge in [0.05, 0.1) is 18.7 Å². The van der Waals surface area contributed by atoms with E-state index in [1.165, 1.54) is 7.11 Å². The van der Waals surface area contributed by atoms with Crippen molar-refractivity contribution in [3.63, 3.8) is 0 Å². The maximum absolute atomic E-state index is 12.6. The highest BCUT2D eigenvalue weighted by Gasteiger charge is 2.32. The summed E-state index contributed by atoms with van der Waals surface area (Å²) in [7, 11) is 1.32. The van der Waals surface area contributed by atoms with Gasteiger partial charge in [0.25, 0.3) is 0 Å². The number of carbonyl (C=O) groups excluding carboxylic acids is 3. The standard InChI is InChI=1S/C21H21NO5/c1-26-20(24)17-9-7-16(8-10-17)19-13-18(23)11-12-22(19)21(25)27-14-15-5-3-2-4-6-15/h2-10,19H,11-14H2,1H3/t19-/m0/s1. The van der Waals surface area contributed by atoms with E-state index in [-0.39, 0.29) is 18.8 Å². The first kappa shape index (κ1) is 18.6. The Kier molecular flexibility index (Phi) is 5.86. The zero-order valence-electron chi connectivity index (χ0n) is 15.1. The average Bonchev–Trinajstić information content (AvgIpc) is 2.72. The van der Waals surface area contributed by atoms with Crippen molar-refractivity contribution in [3.05, 3.63) is 71.3 Å². The molecule has 0 aromatic heterocycles. The average molecular weight is 367 g/mol. The molecule has 2 aromatic rings. The van der Waals surface area contributed by atoms with Crippen LogP contribution in [-0.4, -0.2) is 36.4 Å². The zero-order valence-corrected chi connectivity index (χ0v) is 15.1. The van der Waals surface area contributed by atoms with E-state index in [1.54, 1.807) is 29.2 Å². The lowest BCUT2D eigenvalue weighted by molar-refractivity contribution is -0.122. The van der Waals surface area contributed by atoms with Gasteiger partial charge in [-0.05, 0) is 23.3 Å². The van der Waals surface area contributed by atoms with Crippen LogP contribution in [0.5, 0.6) is 0 Å². The quantitative estimate of drug-likeness (QED) is 0.773. The van der Waals surface area contributed by atoms with E-state index in [2.05, 4.69) is 0 Å². The molecule has 1 amide bonds. The molecule has 0 bridgehead atoms. The van der Waals surface area contributed by atoms with Crippen LogP contribution in [0.15, 0.2) is 54.6 Å². The normalized spacial score (nSPS) is 16.7. The van der Waals surface area contributed by atoms with Gasteiger partial charge in [0.15, 0.2) is 0 Å². The summed E-state index contributed by atoms with van der Waals surface area (Å²) in [5.74, 6) is -0.329. The molecule has 1 aliphatic rings. The van der Waals surface area contributed by atoms with E-state index in [4.69, 9.17) is 9.47 Å². The highest BCUT2D eigenvalue weighted by molar-refractivity contribution is 5.89. The summed E-state index contributed by atoms with van der Waals surface area (Å²) >= 11 is 0. The number of piperidine rings is 1. The molecule has 1 heterocycles. The summed E-state index contributed by atoms with van der Waals surface area (Å²) < 4.78 is 10.1. The second kappa shape index (κ2) is 8.49. The van der Waals surface area contributed by atoms with Crippen molar-refractivity contribution in [2.45, 2.75) is 25.5 Å². The van der Waals surface area contributed by atoms with Crippen LogP contribution in [0.25, 0.3) is 0 Å². The minimum atomic E-state index is -0.451. The van der Waals surface area contributed by atoms with Crippen LogP contribution < -0.4 is 0 Å². The topological polar surface area (TPSA) is 72.9 Å². The molecule has 0 aliphatic carbocycles. The van der Waals surface area contributed by atoms with Crippen molar-refractivity contribution in [1.82, 2.24) is 4.90 Å². The molecule has 0 spiro atoms. The number of benzene rings is 2. The van der Waals surface area contributed by atoms with Gasteiger partial charge >= 0.3 is 12.1 Å². The molecule has 1 fully saturated rings. The molecular weight excluding hydrogens is 346 g/mol. The van der Waals surface area contributed by atoms with Crippen LogP contribution >= 0.6 is 0 Å². The Morgan fingerprint density at radius 2 is 1.78 bits per heavy atom. The molecule has 140 valence electrons. The SMILES string of the molecule is COC(=O)c1ccc([C@@H]2CC(=O)CCN2C(=O)OCc2ccccc2)cc1. The largest absolute Gasteiger partial charge is 0.465 e. The lowest BCUT2D eigenvalue weighted by atomic mass is 9.94. The van der Waals surface area contributed by atoms with Crippen LogP contribution in [0, 0.1) is 0 Å². The number of esters is 1. The van der Waals surface area contributed by atoms with Crippen molar-refractivity contribution in [3.8, 4) is 0 Å². The van der Waals surface area contributed by atoms with E-state index in [0.717, 1.165) is 11.1 Å². The monoisotopic (exact) mass is 367 g/mol. The third-order valence-corrected chi connectivity index (χ3v) is 4.58. The Morgan fingerprint density at radius 3 is 2.44 bits per heavy atom. The van der Waals surface area contributed by atoms with Crippen molar-refractivity contribution in [1.29, 1.82) is 0 Å². The molecule has 2 aromatic carbocycles. The fourth-order valence-electron chi connectivity index (χ4n) is 3.11. The number of likely N-dealkylation sites (tertiary alicyclic amines) is 1. The smallest absolute Gasteiger partial charge is 0.410 e. The first-order chi connectivity index (χ1) is 13.1. The number of ether oxygens (including phenoxy) is 2. The van der Waals surface area contributed by atoms with E-state index in [0.29, 0.717) is 18.5 Å². The highest BCUT2D eigenvalue weighted by atomic mass is 16.6. The second-order valence-electron chi connectivity index (χ2n) is 6.36. The number of rotatable bonds is 4. The van der Waals surface area contributed by atoms with Crippen molar-refractivity contribution >= 4 is 17.8 Å². The van der Waals surface area contributed by atoms with Crippen LogP contribution in [-0.2, 0) is 20.9 Å². The summed E-state index contributed by atoms with van der Waals surface area (Å²) in [4.78, 5) is 37.7. The summed E-state index contributed by atoms with van der Waals surface area (Å²) in [6, 6.07) is 15.8. The first-order valence-corrected chi connectivity index (χ1v) is 8.76. The number of methoxy groups -OCH3 is 1. The fraction of sp³-hybridized carbons (Fsp3) is 0.286. The number of nitrogens with zero attached hydrogens (tertiary/aromatic N) is 1. The van der Waals surface area contributed by atoms with Crippen LogP contribution in [0.4, 0.5) is 4.79 Å². The van der Waals surface area contributed by atoms with Crippen LogP contribution in [0.3, 0.4) is 0 Å². The van der Waals surface area contributed by atoms with Crippen LogP contribution in [0.1, 0.15) is 40.4 Å². The Bertz CT molecular complexity index is 816. The molecule has 0 unspecified atom stereocenters. The third-order valence-electron chi connectivity index (χ3n) is 4.58. The maximum atomic E-state index is 12.6. The Morgan fingerprint density at radius 1 is 1.07 bits per heavy atom. The molecular formula is C21H21NO5. The number of hydrogen-bond acceptors (Lipinski definition) is 5. The van der Waals surface area contributed by atoms with Crippen molar-refractivity contribution in [2.24, 2.45) is 0 Å². The number of hydrogen-bond donors (Lipinski definition) is 0. The van der Waals surface area contributed by atoms with Crippen molar-refractivity contribution < 1.29 is 23.9 Å². The van der Waals surface area contributed by atoms with Gasteiger partial charge in [0, 0.05) is 19.4 Å². The molecule has 1 atom stereocenters. The molecule has 1 aliphatic heterocycles. The molecule has 6 nitrogen and oxygen atoms in total. The van der Waals surface area contributed by atoms with Gasteiger partial charge in [0.2, 0.25) is 0 Å². The van der Waals surface area contributed by atoms with Gasteiger partial charge in [-0.15, -0.1) is 0 Å². The Balaban J connectivity index is 1.73. The van der Waals surface area contributed by atoms with E-state index >= 15 is 0 Å². The molecule has 27 heavy (non-hydrogen) atoms. The second-order valence-corrected chi connectivity index (χ2v) is 6.36. The minimum absolute atomic E-state index is 0.101. The number of Topliss-reactive ketones (excluding diaryl/α,β-unsaturated/α-hetero) is 1. The lowest BCUT2D eigenvalue weighted by Crippen LogP contribution is -2.41. The van der Waals surface area contributed by atoms with Gasteiger partial charge in [-0.3, -0.25) is 4.79 Å². The van der Waals surface area contributed by atoms with E-state index in [9.17, 15) is 14.4 Å². The molecule has 0 radical (unpaired) electrons. The predicted molar refractivity (Wildman–Crippen MR) is 98.1 cm³/mol. The summed E-state index contributed by atoms with van der Waals surface area (Å²) in [6.45, 7) is 0.494. The van der Waals surface area contributed by atoms with Gasteiger partial charge in [-0.2, -0.15) is 0 Å². The van der Waals surface area contributed by atoms with Gasteiger partial charge < -0.3 is 14.4 Å². The van der Waals surface area contributed by atoms with Crippen LogP contribution in [0.2, 0.25) is 0 Å². The summed E-state index contributed by atoms with van der Waals surface area (Å²) in [6.07, 6.45) is 0.100. The molecule has 6 heteroatoms. The Labute approximate surface area is 157 Å². The summed E-state index contributed by atoms with van der Waals surface area (Å²) in [5.41, 5.74) is 2.10.